The second-order valence-corrected chi connectivity index (χ2v) is 5.96. The van der Waals surface area contributed by atoms with Crippen molar-refractivity contribution in [3.05, 3.63) is 34.9 Å². The zero-order valence-electron chi connectivity index (χ0n) is 11.0. The summed E-state index contributed by atoms with van der Waals surface area (Å²) in [6.45, 7) is 3.72. The Kier molecular flexibility index (Phi) is 3.50. The zero-order valence-corrected chi connectivity index (χ0v) is 11.8. The van der Waals surface area contributed by atoms with Crippen molar-refractivity contribution in [2.24, 2.45) is 5.92 Å². The molecule has 0 saturated carbocycles. The van der Waals surface area contributed by atoms with E-state index in [1.807, 2.05) is 4.90 Å². The lowest BCUT2D eigenvalue weighted by atomic mass is 9.92. The second kappa shape index (κ2) is 5.14. The van der Waals surface area contributed by atoms with Crippen molar-refractivity contribution in [2.45, 2.75) is 32.0 Å². The molecular formula is C15H18ClNO2. The van der Waals surface area contributed by atoms with Crippen LogP contribution in [0, 0.1) is 5.92 Å². The Morgan fingerprint density at radius 2 is 2.11 bits per heavy atom. The fraction of sp³-hybridized carbons (Fsp3) is 0.533. The minimum atomic E-state index is 0.106. The monoisotopic (exact) mass is 279 g/mol. The molecule has 0 spiro atoms. The summed E-state index contributed by atoms with van der Waals surface area (Å²) in [6, 6.07) is 7.12. The van der Waals surface area contributed by atoms with Crippen LogP contribution >= 0.6 is 11.6 Å². The van der Waals surface area contributed by atoms with Crippen molar-refractivity contribution in [1.82, 2.24) is 4.90 Å². The van der Waals surface area contributed by atoms with E-state index in [-0.39, 0.29) is 5.91 Å². The van der Waals surface area contributed by atoms with Gasteiger partial charge in [0.2, 0.25) is 0 Å². The normalized spacial score (nSPS) is 30.2. The molecule has 2 fully saturated rings. The Bertz CT molecular complexity index is 474. The summed E-state index contributed by atoms with van der Waals surface area (Å²) in [4.78, 5) is 14.4. The van der Waals surface area contributed by atoms with Gasteiger partial charge in [-0.3, -0.25) is 4.79 Å². The molecule has 0 N–H and O–H groups in total. The molecule has 102 valence electrons. The lowest BCUT2D eigenvalue weighted by Gasteiger charge is -2.34. The SMILES string of the molecule is C[C@H]1C[C@H]2CN(C(=O)c3ccc(Cl)cc3)CC[C@H]2O1. The third-order valence-corrected chi connectivity index (χ3v) is 4.34. The standard InChI is InChI=1S/C15H18ClNO2/c1-10-8-12-9-17(7-6-14(12)19-10)15(18)11-2-4-13(16)5-3-11/h2-5,10,12,14H,6-9H2,1H3/t10-,12-,14+/m0/s1. The van der Waals surface area contributed by atoms with Gasteiger partial charge in [-0.2, -0.15) is 0 Å². The van der Waals surface area contributed by atoms with E-state index in [0.29, 0.717) is 23.1 Å². The molecule has 2 heterocycles. The van der Waals surface area contributed by atoms with Crippen molar-refractivity contribution >= 4 is 17.5 Å². The maximum atomic E-state index is 12.4. The predicted octanol–water partition coefficient (Wildman–Crippen LogP) is 2.98. The van der Waals surface area contributed by atoms with Crippen LogP contribution in [-0.2, 0) is 4.74 Å². The quantitative estimate of drug-likeness (QED) is 0.791. The van der Waals surface area contributed by atoms with Gasteiger partial charge in [0.25, 0.3) is 5.91 Å². The Hall–Kier alpha value is -1.06. The Morgan fingerprint density at radius 3 is 2.84 bits per heavy atom. The molecule has 2 aliphatic rings. The summed E-state index contributed by atoms with van der Waals surface area (Å²) in [6.07, 6.45) is 2.70. The summed E-state index contributed by atoms with van der Waals surface area (Å²) in [5, 5.41) is 0.660. The predicted molar refractivity (Wildman–Crippen MR) is 74.4 cm³/mol. The maximum absolute atomic E-state index is 12.4. The van der Waals surface area contributed by atoms with E-state index in [1.54, 1.807) is 24.3 Å². The van der Waals surface area contributed by atoms with E-state index in [9.17, 15) is 4.79 Å². The van der Waals surface area contributed by atoms with Gasteiger partial charge in [0.1, 0.15) is 0 Å². The highest BCUT2D eigenvalue weighted by molar-refractivity contribution is 6.30. The van der Waals surface area contributed by atoms with E-state index in [2.05, 4.69) is 6.92 Å². The smallest absolute Gasteiger partial charge is 0.253 e. The van der Waals surface area contributed by atoms with Crippen LogP contribution in [0.3, 0.4) is 0 Å². The summed E-state index contributed by atoms with van der Waals surface area (Å²) < 4.78 is 5.86. The number of benzene rings is 1. The number of hydrogen-bond donors (Lipinski definition) is 0. The van der Waals surface area contributed by atoms with Crippen LogP contribution in [0.15, 0.2) is 24.3 Å². The molecular weight excluding hydrogens is 262 g/mol. The minimum absolute atomic E-state index is 0.106. The van der Waals surface area contributed by atoms with Crippen molar-refractivity contribution in [1.29, 1.82) is 0 Å². The molecule has 0 aliphatic carbocycles. The fourth-order valence-electron chi connectivity index (χ4n) is 3.16. The number of fused-ring (bicyclic) bond motifs is 1. The van der Waals surface area contributed by atoms with Crippen LogP contribution in [0.2, 0.25) is 5.02 Å². The van der Waals surface area contributed by atoms with Gasteiger partial charge in [-0.1, -0.05) is 11.6 Å². The fourth-order valence-corrected chi connectivity index (χ4v) is 3.28. The number of rotatable bonds is 1. The molecule has 2 aliphatic heterocycles. The van der Waals surface area contributed by atoms with Crippen molar-refractivity contribution in [3.63, 3.8) is 0 Å². The molecule has 0 aromatic heterocycles. The third kappa shape index (κ3) is 2.63. The molecule has 1 amide bonds. The first-order valence-corrected chi connectivity index (χ1v) is 7.21. The van der Waals surface area contributed by atoms with Gasteiger partial charge in [0.15, 0.2) is 0 Å². The van der Waals surface area contributed by atoms with Crippen LogP contribution in [0.5, 0.6) is 0 Å². The number of hydrogen-bond acceptors (Lipinski definition) is 2. The van der Waals surface area contributed by atoms with E-state index in [1.165, 1.54) is 0 Å². The number of carbonyl (C=O) groups excluding carboxylic acids is 1. The maximum Gasteiger partial charge on any atom is 0.253 e. The van der Waals surface area contributed by atoms with E-state index < -0.39 is 0 Å². The third-order valence-electron chi connectivity index (χ3n) is 4.08. The summed E-state index contributed by atoms with van der Waals surface area (Å²) in [5.74, 6) is 0.606. The highest BCUT2D eigenvalue weighted by atomic mass is 35.5. The number of amides is 1. The first-order chi connectivity index (χ1) is 9.13. The molecule has 1 aromatic carbocycles. The molecule has 0 unspecified atom stereocenters. The van der Waals surface area contributed by atoms with Gasteiger partial charge in [0.05, 0.1) is 12.2 Å². The Labute approximate surface area is 118 Å². The molecule has 1 aromatic rings. The van der Waals surface area contributed by atoms with Crippen LogP contribution in [0.1, 0.15) is 30.1 Å². The zero-order chi connectivity index (χ0) is 13.4. The molecule has 3 atom stereocenters. The van der Waals surface area contributed by atoms with Crippen LogP contribution in [0.4, 0.5) is 0 Å². The van der Waals surface area contributed by atoms with Gasteiger partial charge < -0.3 is 9.64 Å². The lowest BCUT2D eigenvalue weighted by molar-refractivity contribution is 0.00865. The average Bonchev–Trinajstić information content (AvgIpc) is 2.77. The van der Waals surface area contributed by atoms with Crippen LogP contribution in [0.25, 0.3) is 0 Å². The van der Waals surface area contributed by atoms with Crippen molar-refractivity contribution < 1.29 is 9.53 Å². The van der Waals surface area contributed by atoms with Crippen molar-refractivity contribution in [3.8, 4) is 0 Å². The number of carbonyl (C=O) groups is 1. The summed E-state index contributed by atoms with van der Waals surface area (Å²) >= 11 is 5.85. The molecule has 0 bridgehead atoms. The second-order valence-electron chi connectivity index (χ2n) is 5.53. The van der Waals surface area contributed by atoms with E-state index in [4.69, 9.17) is 16.3 Å². The highest BCUT2D eigenvalue weighted by Crippen LogP contribution is 2.33. The molecule has 3 nitrogen and oxygen atoms in total. The van der Waals surface area contributed by atoms with E-state index >= 15 is 0 Å². The average molecular weight is 280 g/mol. The molecule has 2 saturated heterocycles. The number of halogens is 1. The molecule has 0 radical (unpaired) electrons. The first kappa shape index (κ1) is 12.9. The van der Waals surface area contributed by atoms with E-state index in [0.717, 1.165) is 31.5 Å². The topological polar surface area (TPSA) is 29.5 Å². The number of nitrogens with zero attached hydrogens (tertiary/aromatic N) is 1. The number of ether oxygens (including phenoxy) is 1. The van der Waals surface area contributed by atoms with Gasteiger partial charge in [0, 0.05) is 29.6 Å². The Balaban J connectivity index is 1.70. The molecule has 3 rings (SSSR count). The lowest BCUT2D eigenvalue weighted by Crippen LogP contribution is -2.44. The highest BCUT2D eigenvalue weighted by Gasteiger charge is 2.38. The molecule has 19 heavy (non-hydrogen) atoms. The number of likely N-dealkylation sites (tertiary alicyclic amines) is 1. The van der Waals surface area contributed by atoms with Gasteiger partial charge in [-0.15, -0.1) is 0 Å². The first-order valence-electron chi connectivity index (χ1n) is 6.84. The van der Waals surface area contributed by atoms with Gasteiger partial charge in [-0.05, 0) is 44.0 Å². The van der Waals surface area contributed by atoms with Gasteiger partial charge >= 0.3 is 0 Å². The van der Waals surface area contributed by atoms with Crippen LogP contribution < -0.4 is 0 Å². The molecule has 4 heteroatoms. The number of piperidine rings is 1. The van der Waals surface area contributed by atoms with Gasteiger partial charge in [-0.25, -0.2) is 0 Å². The van der Waals surface area contributed by atoms with Crippen LogP contribution in [-0.4, -0.2) is 36.1 Å². The minimum Gasteiger partial charge on any atom is -0.375 e. The largest absolute Gasteiger partial charge is 0.375 e. The summed E-state index contributed by atoms with van der Waals surface area (Å²) in [7, 11) is 0. The van der Waals surface area contributed by atoms with Crippen molar-refractivity contribution in [2.75, 3.05) is 13.1 Å². The summed E-state index contributed by atoms with van der Waals surface area (Å²) in [5.41, 5.74) is 0.717. The Morgan fingerprint density at radius 1 is 1.37 bits per heavy atom.